The molecule has 2 aliphatic heterocycles. The highest BCUT2D eigenvalue weighted by Gasteiger charge is 2.31. The maximum absolute atomic E-state index is 12.8. The van der Waals surface area contributed by atoms with Crippen LogP contribution in [0.2, 0.25) is 0 Å². The normalized spacial score (nSPS) is 25.2. The van der Waals surface area contributed by atoms with Gasteiger partial charge in [0.25, 0.3) is 5.91 Å². The average molecular weight is 307 g/mol. The number of carbonyl (C=O) groups excluding carboxylic acids is 1. The fraction of sp³-hybridized carbons (Fsp3) is 0.667. The minimum absolute atomic E-state index is 0.0171. The summed E-state index contributed by atoms with van der Waals surface area (Å²) in [7, 11) is 0. The summed E-state index contributed by atoms with van der Waals surface area (Å²) in [6.07, 6.45) is 5.05. The van der Waals surface area contributed by atoms with Crippen LogP contribution in [0, 0.1) is 6.92 Å². The van der Waals surface area contributed by atoms with Gasteiger partial charge < -0.3 is 9.64 Å². The van der Waals surface area contributed by atoms with Crippen molar-refractivity contribution < 1.29 is 9.53 Å². The highest BCUT2D eigenvalue weighted by molar-refractivity contribution is 7.99. The first-order chi connectivity index (χ1) is 10.2. The molecule has 0 spiro atoms. The number of aromatic nitrogens is 2. The van der Waals surface area contributed by atoms with E-state index < -0.39 is 0 Å². The van der Waals surface area contributed by atoms with Crippen LogP contribution in [0.15, 0.2) is 12.3 Å². The van der Waals surface area contributed by atoms with Crippen molar-refractivity contribution in [3.05, 3.63) is 23.8 Å². The van der Waals surface area contributed by atoms with Crippen molar-refractivity contribution in [2.24, 2.45) is 0 Å². The summed E-state index contributed by atoms with van der Waals surface area (Å²) < 4.78 is 5.72. The van der Waals surface area contributed by atoms with E-state index in [1.165, 1.54) is 0 Å². The Morgan fingerprint density at radius 2 is 2.43 bits per heavy atom. The Kier molecular flexibility index (Phi) is 4.75. The van der Waals surface area contributed by atoms with Gasteiger partial charge in [0.05, 0.1) is 6.10 Å². The molecule has 1 aromatic rings. The average Bonchev–Trinajstić information content (AvgIpc) is 3.17. The van der Waals surface area contributed by atoms with Crippen LogP contribution in [0.25, 0.3) is 0 Å². The third-order valence-electron chi connectivity index (χ3n) is 4.03. The molecule has 0 N–H and O–H groups in total. The fourth-order valence-electron chi connectivity index (χ4n) is 2.90. The summed E-state index contributed by atoms with van der Waals surface area (Å²) in [6.45, 7) is 3.32. The predicted octanol–water partition coefficient (Wildman–Crippen LogP) is 1.91. The Morgan fingerprint density at radius 3 is 3.10 bits per heavy atom. The van der Waals surface area contributed by atoms with Gasteiger partial charge in [0.2, 0.25) is 0 Å². The lowest BCUT2D eigenvalue weighted by Crippen LogP contribution is -2.45. The van der Waals surface area contributed by atoms with E-state index >= 15 is 0 Å². The molecule has 0 aromatic carbocycles. The number of hydrogen-bond acceptors (Lipinski definition) is 5. The maximum Gasteiger partial charge on any atom is 0.272 e. The third-order valence-corrected chi connectivity index (χ3v) is 5.17. The number of aryl methyl sites for hydroxylation is 1. The SMILES string of the molecule is Cc1nccc(C(=O)N(C[C@H]2CCCO2)[C@@H]2CCSC2)n1. The molecule has 21 heavy (non-hydrogen) atoms. The number of ether oxygens (including phenoxy) is 1. The minimum Gasteiger partial charge on any atom is -0.376 e. The summed E-state index contributed by atoms with van der Waals surface area (Å²) in [5, 5.41) is 0. The summed E-state index contributed by atoms with van der Waals surface area (Å²) in [5.41, 5.74) is 0.498. The summed E-state index contributed by atoms with van der Waals surface area (Å²) in [5.74, 6) is 2.80. The topological polar surface area (TPSA) is 55.3 Å². The first-order valence-corrected chi connectivity index (χ1v) is 8.69. The standard InChI is InChI=1S/C15H21N3O2S/c1-11-16-6-4-14(17-11)15(19)18(12-5-8-21-10-12)9-13-3-2-7-20-13/h4,6,12-13H,2-3,5,7-10H2,1H3/t12-,13-/m1/s1. The third kappa shape index (κ3) is 3.55. The van der Waals surface area contributed by atoms with E-state index in [0.29, 0.717) is 24.1 Å². The predicted molar refractivity (Wildman–Crippen MR) is 82.5 cm³/mol. The first kappa shape index (κ1) is 14.8. The lowest BCUT2D eigenvalue weighted by Gasteiger charge is -2.30. The molecular weight excluding hydrogens is 286 g/mol. The minimum atomic E-state index is 0.0171. The van der Waals surface area contributed by atoms with Crippen LogP contribution in [0.3, 0.4) is 0 Å². The Bertz CT molecular complexity index is 499. The molecule has 1 aromatic heterocycles. The molecule has 0 saturated carbocycles. The Morgan fingerprint density at radius 1 is 1.52 bits per heavy atom. The van der Waals surface area contributed by atoms with E-state index in [0.717, 1.165) is 37.4 Å². The van der Waals surface area contributed by atoms with Crippen LogP contribution in [-0.2, 0) is 4.74 Å². The molecule has 5 nitrogen and oxygen atoms in total. The number of rotatable bonds is 4. The van der Waals surface area contributed by atoms with Crippen molar-refractivity contribution in [1.82, 2.24) is 14.9 Å². The van der Waals surface area contributed by atoms with Gasteiger partial charge in [-0.2, -0.15) is 11.8 Å². The molecule has 2 atom stereocenters. The second kappa shape index (κ2) is 6.75. The van der Waals surface area contributed by atoms with E-state index in [1.807, 2.05) is 23.6 Å². The van der Waals surface area contributed by atoms with Gasteiger partial charge >= 0.3 is 0 Å². The van der Waals surface area contributed by atoms with Crippen molar-refractivity contribution in [1.29, 1.82) is 0 Å². The zero-order chi connectivity index (χ0) is 14.7. The van der Waals surface area contributed by atoms with Gasteiger partial charge in [-0.15, -0.1) is 0 Å². The highest BCUT2D eigenvalue weighted by atomic mass is 32.2. The molecular formula is C15H21N3O2S. The van der Waals surface area contributed by atoms with Gasteiger partial charge in [0, 0.05) is 31.1 Å². The van der Waals surface area contributed by atoms with Crippen LogP contribution in [0.1, 0.15) is 35.6 Å². The number of carbonyl (C=O) groups is 1. The van der Waals surface area contributed by atoms with Gasteiger partial charge in [-0.05, 0) is 38.0 Å². The molecule has 3 rings (SSSR count). The van der Waals surface area contributed by atoms with Gasteiger partial charge in [-0.25, -0.2) is 9.97 Å². The van der Waals surface area contributed by atoms with E-state index in [2.05, 4.69) is 9.97 Å². The molecule has 6 heteroatoms. The highest BCUT2D eigenvalue weighted by Crippen LogP contribution is 2.25. The molecule has 114 valence electrons. The van der Waals surface area contributed by atoms with Gasteiger partial charge in [0.1, 0.15) is 11.5 Å². The van der Waals surface area contributed by atoms with E-state index in [-0.39, 0.29) is 12.0 Å². The molecule has 0 aliphatic carbocycles. The quantitative estimate of drug-likeness (QED) is 0.850. The zero-order valence-corrected chi connectivity index (χ0v) is 13.1. The van der Waals surface area contributed by atoms with Crippen LogP contribution >= 0.6 is 11.8 Å². The van der Waals surface area contributed by atoms with Gasteiger partial charge in [-0.1, -0.05) is 0 Å². The van der Waals surface area contributed by atoms with E-state index in [9.17, 15) is 4.79 Å². The molecule has 0 radical (unpaired) electrons. The van der Waals surface area contributed by atoms with E-state index in [4.69, 9.17) is 4.74 Å². The van der Waals surface area contributed by atoms with Crippen molar-refractivity contribution in [3.8, 4) is 0 Å². The summed E-state index contributed by atoms with van der Waals surface area (Å²) in [6, 6.07) is 2.02. The van der Waals surface area contributed by atoms with Crippen LogP contribution in [0.4, 0.5) is 0 Å². The lowest BCUT2D eigenvalue weighted by molar-refractivity contribution is 0.0437. The van der Waals surface area contributed by atoms with Crippen LogP contribution in [0.5, 0.6) is 0 Å². The number of hydrogen-bond donors (Lipinski definition) is 0. The first-order valence-electron chi connectivity index (χ1n) is 7.54. The summed E-state index contributed by atoms with van der Waals surface area (Å²) >= 11 is 1.92. The molecule has 2 fully saturated rings. The largest absolute Gasteiger partial charge is 0.376 e. The fourth-order valence-corrected chi connectivity index (χ4v) is 4.12. The molecule has 2 saturated heterocycles. The second-order valence-corrected chi connectivity index (χ2v) is 6.75. The maximum atomic E-state index is 12.8. The van der Waals surface area contributed by atoms with Crippen molar-refractivity contribution in [3.63, 3.8) is 0 Å². The molecule has 2 aliphatic rings. The van der Waals surface area contributed by atoms with Gasteiger partial charge in [-0.3, -0.25) is 4.79 Å². The van der Waals surface area contributed by atoms with Crippen molar-refractivity contribution in [2.75, 3.05) is 24.7 Å². The number of amides is 1. The van der Waals surface area contributed by atoms with Crippen molar-refractivity contribution >= 4 is 17.7 Å². The van der Waals surface area contributed by atoms with E-state index in [1.54, 1.807) is 12.3 Å². The zero-order valence-electron chi connectivity index (χ0n) is 12.3. The monoisotopic (exact) mass is 307 g/mol. The smallest absolute Gasteiger partial charge is 0.272 e. The number of thioether (sulfide) groups is 1. The van der Waals surface area contributed by atoms with Crippen LogP contribution in [-0.4, -0.2) is 57.6 Å². The molecule has 1 amide bonds. The second-order valence-electron chi connectivity index (χ2n) is 5.60. The Balaban J connectivity index is 1.77. The molecule has 3 heterocycles. The number of nitrogens with zero attached hydrogens (tertiary/aromatic N) is 3. The molecule has 0 bridgehead atoms. The molecule has 0 unspecified atom stereocenters. The Hall–Kier alpha value is -1.14. The van der Waals surface area contributed by atoms with Crippen LogP contribution < -0.4 is 0 Å². The van der Waals surface area contributed by atoms with Crippen molar-refractivity contribution in [2.45, 2.75) is 38.3 Å². The lowest BCUT2D eigenvalue weighted by atomic mass is 10.1. The summed E-state index contributed by atoms with van der Waals surface area (Å²) in [4.78, 5) is 23.2. The van der Waals surface area contributed by atoms with Gasteiger partial charge in [0.15, 0.2) is 0 Å². The Labute approximate surface area is 129 Å².